The lowest BCUT2D eigenvalue weighted by Gasteiger charge is -2.39. The molecule has 3 heteroatoms. The fraction of sp³-hybridized carbons (Fsp3) is 0.0222. The van der Waals surface area contributed by atoms with Crippen LogP contribution < -0.4 is 0 Å². The first-order valence-electron chi connectivity index (χ1n) is 16.5. The van der Waals surface area contributed by atoms with Crippen molar-refractivity contribution in [1.82, 2.24) is 14.5 Å². The Morgan fingerprint density at radius 3 is 2.08 bits per heavy atom. The summed E-state index contributed by atoms with van der Waals surface area (Å²) in [5.74, 6) is 0.741. The lowest BCUT2D eigenvalue weighted by Crippen LogP contribution is -2.33. The van der Waals surface area contributed by atoms with Gasteiger partial charge in [-0.25, -0.2) is 9.97 Å². The van der Waals surface area contributed by atoms with Gasteiger partial charge in [0, 0.05) is 27.9 Å². The molecule has 222 valence electrons. The van der Waals surface area contributed by atoms with Gasteiger partial charge in [0.1, 0.15) is 0 Å². The lowest BCUT2D eigenvalue weighted by molar-refractivity contribution is 0.748. The summed E-state index contributed by atoms with van der Waals surface area (Å²) in [5.41, 5.74) is 15.6. The molecular formula is C45H27N3. The third-order valence-electron chi connectivity index (χ3n) is 10.7. The van der Waals surface area contributed by atoms with Crippen LogP contribution in [0.3, 0.4) is 0 Å². The SMILES string of the molecule is c1ccc2c(c1)-c1c(-c3ccc(-c4ncc5ccccc5n4)cc3)cccc1C21c2ccccc2-n2c3ccccc3c3cccc1c32. The molecule has 0 radical (unpaired) electrons. The largest absolute Gasteiger partial charge is 0.309 e. The molecule has 3 nitrogen and oxygen atoms in total. The van der Waals surface area contributed by atoms with Crippen molar-refractivity contribution < 1.29 is 0 Å². The van der Waals surface area contributed by atoms with Crippen molar-refractivity contribution in [3.05, 3.63) is 186 Å². The number of nitrogens with zero attached hydrogens (tertiary/aromatic N) is 3. The van der Waals surface area contributed by atoms with E-state index in [-0.39, 0.29) is 0 Å². The first-order valence-corrected chi connectivity index (χ1v) is 16.5. The first-order chi connectivity index (χ1) is 23.8. The van der Waals surface area contributed by atoms with Crippen molar-refractivity contribution in [3.63, 3.8) is 0 Å². The van der Waals surface area contributed by atoms with Crippen LogP contribution in [0.4, 0.5) is 0 Å². The molecule has 1 aliphatic carbocycles. The number of fused-ring (bicyclic) bond motifs is 13. The monoisotopic (exact) mass is 609 g/mol. The number of para-hydroxylation sites is 4. The van der Waals surface area contributed by atoms with Crippen LogP contribution in [0.2, 0.25) is 0 Å². The van der Waals surface area contributed by atoms with Crippen LogP contribution in [0.5, 0.6) is 0 Å². The second kappa shape index (κ2) is 9.37. The van der Waals surface area contributed by atoms with E-state index in [1.807, 2.05) is 30.5 Å². The van der Waals surface area contributed by atoms with Crippen molar-refractivity contribution in [2.75, 3.05) is 0 Å². The molecule has 0 N–H and O–H groups in total. The Bertz CT molecular complexity index is 2790. The first kappa shape index (κ1) is 25.8. The fourth-order valence-electron chi connectivity index (χ4n) is 8.76. The Labute approximate surface area is 277 Å². The quantitative estimate of drug-likeness (QED) is 0.195. The molecule has 0 saturated heterocycles. The topological polar surface area (TPSA) is 30.7 Å². The predicted molar refractivity (Wildman–Crippen MR) is 196 cm³/mol. The number of aromatic nitrogens is 3. The molecule has 1 aliphatic heterocycles. The van der Waals surface area contributed by atoms with Crippen LogP contribution in [0.1, 0.15) is 22.3 Å². The van der Waals surface area contributed by atoms with Gasteiger partial charge in [0.15, 0.2) is 5.82 Å². The Morgan fingerprint density at radius 2 is 1.15 bits per heavy atom. The van der Waals surface area contributed by atoms with Crippen molar-refractivity contribution in [3.8, 4) is 39.3 Å². The highest BCUT2D eigenvalue weighted by Crippen LogP contribution is 2.62. The molecule has 1 spiro atoms. The summed E-state index contributed by atoms with van der Waals surface area (Å²) in [5, 5.41) is 3.63. The van der Waals surface area contributed by atoms with Crippen LogP contribution in [0, 0.1) is 0 Å². The molecule has 0 bridgehead atoms. The van der Waals surface area contributed by atoms with Crippen LogP contribution in [-0.2, 0) is 5.41 Å². The highest BCUT2D eigenvalue weighted by Gasteiger charge is 2.51. The van der Waals surface area contributed by atoms with Crippen molar-refractivity contribution >= 4 is 32.7 Å². The molecule has 2 aliphatic rings. The number of hydrogen-bond donors (Lipinski definition) is 0. The third-order valence-corrected chi connectivity index (χ3v) is 10.7. The van der Waals surface area contributed by atoms with E-state index in [0.29, 0.717) is 0 Å². The number of benzene rings is 7. The molecular weight excluding hydrogens is 583 g/mol. The van der Waals surface area contributed by atoms with Crippen molar-refractivity contribution in [1.29, 1.82) is 0 Å². The molecule has 0 amide bonds. The van der Waals surface area contributed by atoms with Gasteiger partial charge >= 0.3 is 0 Å². The van der Waals surface area contributed by atoms with E-state index in [2.05, 4.69) is 143 Å². The fourth-order valence-corrected chi connectivity index (χ4v) is 8.76. The highest BCUT2D eigenvalue weighted by atomic mass is 15.0. The van der Waals surface area contributed by atoms with Crippen LogP contribution >= 0.6 is 0 Å². The van der Waals surface area contributed by atoms with Crippen molar-refractivity contribution in [2.45, 2.75) is 5.41 Å². The summed E-state index contributed by atoms with van der Waals surface area (Å²) >= 11 is 0. The van der Waals surface area contributed by atoms with Gasteiger partial charge in [0.25, 0.3) is 0 Å². The zero-order valence-corrected chi connectivity index (χ0v) is 25.9. The summed E-state index contributed by atoms with van der Waals surface area (Å²) in [6.07, 6.45) is 1.91. The van der Waals surface area contributed by atoms with E-state index < -0.39 is 5.41 Å². The second-order valence-corrected chi connectivity index (χ2v) is 12.9. The van der Waals surface area contributed by atoms with Crippen LogP contribution in [-0.4, -0.2) is 14.5 Å². The molecule has 1 unspecified atom stereocenters. The van der Waals surface area contributed by atoms with E-state index in [9.17, 15) is 0 Å². The van der Waals surface area contributed by atoms with E-state index >= 15 is 0 Å². The zero-order chi connectivity index (χ0) is 31.4. The molecule has 0 fully saturated rings. The Balaban J connectivity index is 1.18. The Hall–Kier alpha value is -6.32. The minimum atomic E-state index is -0.457. The van der Waals surface area contributed by atoms with E-state index in [1.54, 1.807) is 0 Å². The average Bonchev–Trinajstić information content (AvgIpc) is 3.66. The minimum absolute atomic E-state index is 0.457. The average molecular weight is 610 g/mol. The van der Waals surface area contributed by atoms with E-state index in [0.717, 1.165) is 22.3 Å². The minimum Gasteiger partial charge on any atom is -0.309 e. The normalized spacial score (nSPS) is 15.6. The third kappa shape index (κ3) is 3.18. The van der Waals surface area contributed by atoms with Gasteiger partial charge in [-0.05, 0) is 62.7 Å². The number of rotatable bonds is 2. The van der Waals surface area contributed by atoms with Crippen molar-refractivity contribution in [2.24, 2.45) is 0 Å². The summed E-state index contributed by atoms with van der Waals surface area (Å²) in [6, 6.07) is 57.6. The Kier molecular flexibility index (Phi) is 5.04. The van der Waals surface area contributed by atoms with E-state index in [4.69, 9.17) is 4.98 Å². The zero-order valence-electron chi connectivity index (χ0n) is 25.9. The molecule has 9 aromatic rings. The van der Waals surface area contributed by atoms with Gasteiger partial charge in [-0.15, -0.1) is 0 Å². The highest BCUT2D eigenvalue weighted by molar-refractivity contribution is 6.13. The van der Waals surface area contributed by atoms with Gasteiger partial charge in [-0.2, -0.15) is 0 Å². The van der Waals surface area contributed by atoms with Gasteiger partial charge < -0.3 is 4.57 Å². The van der Waals surface area contributed by atoms with Crippen LogP contribution in [0.15, 0.2) is 164 Å². The second-order valence-electron chi connectivity index (χ2n) is 12.9. The van der Waals surface area contributed by atoms with E-state index in [1.165, 1.54) is 72.0 Å². The van der Waals surface area contributed by atoms with Crippen LogP contribution in [0.25, 0.3) is 72.0 Å². The molecule has 0 saturated carbocycles. The van der Waals surface area contributed by atoms with Gasteiger partial charge in [-0.3, -0.25) is 0 Å². The molecule has 1 atom stereocenters. The Morgan fingerprint density at radius 1 is 0.479 bits per heavy atom. The molecule has 7 aromatic carbocycles. The number of hydrogen-bond acceptors (Lipinski definition) is 2. The summed E-state index contributed by atoms with van der Waals surface area (Å²) in [7, 11) is 0. The molecule has 2 aromatic heterocycles. The lowest BCUT2D eigenvalue weighted by atomic mass is 9.65. The maximum absolute atomic E-state index is 4.85. The summed E-state index contributed by atoms with van der Waals surface area (Å²) < 4.78 is 2.50. The smallest absolute Gasteiger partial charge is 0.159 e. The molecule has 3 heterocycles. The van der Waals surface area contributed by atoms with Gasteiger partial charge in [-0.1, -0.05) is 140 Å². The predicted octanol–water partition coefficient (Wildman–Crippen LogP) is 10.7. The van der Waals surface area contributed by atoms with Gasteiger partial charge in [0.2, 0.25) is 0 Å². The molecule has 11 rings (SSSR count). The standard InChI is InChI=1S/C45H27N3/c1-6-20-39-30(11-1)27-46-44(47-39)29-25-23-28(24-26-29)31-14-9-18-37-42(31)34-13-2-4-16-35(34)45(37)36-17-5-8-22-41(36)48-40-21-7-3-12-32(40)33-15-10-19-38(45)43(33)48/h1-27H. The maximum Gasteiger partial charge on any atom is 0.159 e. The summed E-state index contributed by atoms with van der Waals surface area (Å²) in [4.78, 5) is 9.54. The summed E-state index contributed by atoms with van der Waals surface area (Å²) in [6.45, 7) is 0. The molecule has 48 heavy (non-hydrogen) atoms. The van der Waals surface area contributed by atoms with Gasteiger partial charge in [0.05, 0.1) is 27.7 Å². The maximum atomic E-state index is 4.85.